The smallest absolute Gasteiger partial charge is 0.250 e. The van der Waals surface area contributed by atoms with Gasteiger partial charge in [-0.3, -0.25) is 9.59 Å². The van der Waals surface area contributed by atoms with Crippen LogP contribution in [0.25, 0.3) is 0 Å². The second kappa shape index (κ2) is 3.71. The topological polar surface area (TPSA) is 72.2 Å². The normalized spacial score (nSPS) is 9.31. The molecule has 1 aromatic rings. The summed E-state index contributed by atoms with van der Waals surface area (Å²) < 4.78 is 0. The highest BCUT2D eigenvalue weighted by atomic mass is 16.1. The number of para-hydroxylation sites is 1. The van der Waals surface area contributed by atoms with E-state index >= 15 is 0 Å². The van der Waals surface area contributed by atoms with Gasteiger partial charge in [0, 0.05) is 12.6 Å². The molecule has 3 N–H and O–H groups in total. The molecule has 0 aromatic heterocycles. The fourth-order valence-electron chi connectivity index (χ4n) is 1.15. The summed E-state index contributed by atoms with van der Waals surface area (Å²) in [7, 11) is 1.63. The van der Waals surface area contributed by atoms with Gasteiger partial charge in [-0.15, -0.1) is 0 Å². The Labute approximate surface area is 75.7 Å². The first-order valence-corrected chi connectivity index (χ1v) is 3.76. The van der Waals surface area contributed by atoms with Crippen LogP contribution in [-0.2, 0) is 0 Å². The lowest BCUT2D eigenvalue weighted by molar-refractivity contribution is 0.100. The predicted molar refractivity (Wildman–Crippen MR) is 49.9 cm³/mol. The van der Waals surface area contributed by atoms with Gasteiger partial charge < -0.3 is 11.1 Å². The van der Waals surface area contributed by atoms with E-state index in [1.165, 1.54) is 0 Å². The number of rotatable bonds is 3. The van der Waals surface area contributed by atoms with E-state index in [2.05, 4.69) is 5.32 Å². The number of amides is 1. The highest BCUT2D eigenvalue weighted by Gasteiger charge is 2.09. The van der Waals surface area contributed by atoms with Gasteiger partial charge in [-0.2, -0.15) is 0 Å². The predicted octanol–water partition coefficient (Wildman–Crippen LogP) is 0.640. The number of carbonyl (C=O) groups is 2. The molecule has 4 nitrogen and oxygen atoms in total. The molecule has 1 amide bonds. The minimum atomic E-state index is -0.548. The Kier molecular flexibility index (Phi) is 2.64. The van der Waals surface area contributed by atoms with Gasteiger partial charge >= 0.3 is 0 Å². The molecule has 68 valence electrons. The summed E-state index contributed by atoms with van der Waals surface area (Å²) in [4.78, 5) is 21.5. The SMILES string of the molecule is CNc1c(C=O)cccc1C(N)=O. The molecular formula is C9H10N2O2. The first-order chi connectivity index (χ1) is 6.20. The van der Waals surface area contributed by atoms with Crippen molar-refractivity contribution < 1.29 is 9.59 Å². The zero-order valence-electron chi connectivity index (χ0n) is 7.20. The van der Waals surface area contributed by atoms with E-state index in [1.54, 1.807) is 25.2 Å². The number of aldehydes is 1. The highest BCUT2D eigenvalue weighted by Crippen LogP contribution is 2.18. The summed E-state index contributed by atoms with van der Waals surface area (Å²) in [6, 6.07) is 4.80. The van der Waals surface area contributed by atoms with Crippen LogP contribution in [0.1, 0.15) is 20.7 Å². The zero-order chi connectivity index (χ0) is 9.84. The van der Waals surface area contributed by atoms with Crippen LogP contribution >= 0.6 is 0 Å². The number of hydrogen-bond donors (Lipinski definition) is 2. The molecule has 0 bridgehead atoms. The zero-order valence-corrected chi connectivity index (χ0v) is 7.20. The minimum Gasteiger partial charge on any atom is -0.387 e. The Morgan fingerprint density at radius 3 is 2.69 bits per heavy atom. The van der Waals surface area contributed by atoms with Crippen LogP contribution in [0.5, 0.6) is 0 Å². The molecule has 0 unspecified atom stereocenters. The van der Waals surface area contributed by atoms with Gasteiger partial charge in [0.05, 0.1) is 11.3 Å². The molecule has 1 rings (SSSR count). The van der Waals surface area contributed by atoms with Crippen molar-refractivity contribution in [3.8, 4) is 0 Å². The summed E-state index contributed by atoms with van der Waals surface area (Å²) in [5.74, 6) is -0.548. The van der Waals surface area contributed by atoms with E-state index in [9.17, 15) is 9.59 Å². The average molecular weight is 178 g/mol. The van der Waals surface area contributed by atoms with Gasteiger partial charge in [-0.1, -0.05) is 6.07 Å². The Hall–Kier alpha value is -1.84. The number of carbonyl (C=O) groups excluding carboxylic acids is 2. The van der Waals surface area contributed by atoms with E-state index < -0.39 is 5.91 Å². The maximum Gasteiger partial charge on any atom is 0.250 e. The highest BCUT2D eigenvalue weighted by molar-refractivity contribution is 6.02. The van der Waals surface area contributed by atoms with Gasteiger partial charge in [-0.25, -0.2) is 0 Å². The molecule has 0 aliphatic carbocycles. The monoisotopic (exact) mass is 178 g/mol. The molecule has 0 spiro atoms. The first kappa shape index (κ1) is 9.25. The van der Waals surface area contributed by atoms with Crippen molar-refractivity contribution in [2.45, 2.75) is 0 Å². The Balaban J connectivity index is 3.35. The van der Waals surface area contributed by atoms with Crippen molar-refractivity contribution in [2.75, 3.05) is 12.4 Å². The third kappa shape index (κ3) is 1.66. The molecule has 0 saturated heterocycles. The van der Waals surface area contributed by atoms with Crippen LogP contribution < -0.4 is 11.1 Å². The number of hydrogen-bond acceptors (Lipinski definition) is 3. The maximum absolute atomic E-state index is 10.9. The standard InChI is InChI=1S/C9H10N2O2/c1-11-8-6(5-12)3-2-4-7(8)9(10)13/h2-5,11H,1H3,(H2,10,13). The van der Waals surface area contributed by atoms with E-state index in [0.717, 1.165) is 0 Å². The fraction of sp³-hybridized carbons (Fsp3) is 0.111. The van der Waals surface area contributed by atoms with E-state index in [1.807, 2.05) is 0 Å². The summed E-state index contributed by atoms with van der Waals surface area (Å²) in [6.07, 6.45) is 0.679. The summed E-state index contributed by atoms with van der Waals surface area (Å²) in [5.41, 5.74) is 6.35. The lowest BCUT2D eigenvalue weighted by Crippen LogP contribution is -2.14. The van der Waals surface area contributed by atoms with Gasteiger partial charge in [0.2, 0.25) is 0 Å². The maximum atomic E-state index is 10.9. The van der Waals surface area contributed by atoms with Crippen molar-refractivity contribution in [3.05, 3.63) is 29.3 Å². The van der Waals surface area contributed by atoms with Gasteiger partial charge in [0.25, 0.3) is 5.91 Å². The molecule has 0 atom stereocenters. The van der Waals surface area contributed by atoms with Crippen molar-refractivity contribution >= 4 is 17.9 Å². The number of anilines is 1. The minimum absolute atomic E-state index is 0.326. The van der Waals surface area contributed by atoms with E-state index in [-0.39, 0.29) is 0 Å². The van der Waals surface area contributed by atoms with Crippen LogP contribution in [-0.4, -0.2) is 19.2 Å². The van der Waals surface area contributed by atoms with Crippen LogP contribution in [0, 0.1) is 0 Å². The summed E-state index contributed by atoms with van der Waals surface area (Å²) >= 11 is 0. The van der Waals surface area contributed by atoms with Crippen LogP contribution in [0.15, 0.2) is 18.2 Å². The average Bonchev–Trinajstić information content (AvgIpc) is 2.16. The molecule has 13 heavy (non-hydrogen) atoms. The largest absolute Gasteiger partial charge is 0.387 e. The third-order valence-electron chi connectivity index (χ3n) is 1.74. The van der Waals surface area contributed by atoms with Gasteiger partial charge in [-0.05, 0) is 12.1 Å². The Morgan fingerprint density at radius 1 is 1.54 bits per heavy atom. The van der Waals surface area contributed by atoms with E-state index in [0.29, 0.717) is 23.1 Å². The van der Waals surface area contributed by atoms with Crippen LogP contribution in [0.4, 0.5) is 5.69 Å². The van der Waals surface area contributed by atoms with Crippen LogP contribution in [0.2, 0.25) is 0 Å². The second-order valence-electron chi connectivity index (χ2n) is 2.50. The van der Waals surface area contributed by atoms with Crippen molar-refractivity contribution in [1.82, 2.24) is 0 Å². The molecule has 0 aliphatic rings. The molecule has 0 aliphatic heterocycles. The lowest BCUT2D eigenvalue weighted by Gasteiger charge is -2.07. The molecule has 0 heterocycles. The number of nitrogens with two attached hydrogens (primary N) is 1. The molecule has 4 heteroatoms. The molecule has 0 radical (unpaired) electrons. The van der Waals surface area contributed by atoms with Crippen molar-refractivity contribution in [2.24, 2.45) is 5.73 Å². The molecule has 0 saturated carbocycles. The van der Waals surface area contributed by atoms with Crippen molar-refractivity contribution in [1.29, 1.82) is 0 Å². The third-order valence-corrected chi connectivity index (χ3v) is 1.74. The van der Waals surface area contributed by atoms with Gasteiger partial charge in [0.15, 0.2) is 6.29 Å². The number of primary amides is 1. The first-order valence-electron chi connectivity index (χ1n) is 3.76. The fourth-order valence-corrected chi connectivity index (χ4v) is 1.15. The summed E-state index contributed by atoms with van der Waals surface area (Å²) in [6.45, 7) is 0. The van der Waals surface area contributed by atoms with Crippen LogP contribution in [0.3, 0.4) is 0 Å². The molecular weight excluding hydrogens is 168 g/mol. The van der Waals surface area contributed by atoms with E-state index in [4.69, 9.17) is 5.73 Å². The summed E-state index contributed by atoms with van der Waals surface area (Å²) in [5, 5.41) is 2.76. The second-order valence-corrected chi connectivity index (χ2v) is 2.50. The van der Waals surface area contributed by atoms with Crippen molar-refractivity contribution in [3.63, 3.8) is 0 Å². The lowest BCUT2D eigenvalue weighted by atomic mass is 10.1. The number of nitrogens with one attached hydrogen (secondary N) is 1. The number of benzene rings is 1. The Bertz CT molecular complexity index is 347. The molecule has 1 aromatic carbocycles. The van der Waals surface area contributed by atoms with Gasteiger partial charge in [0.1, 0.15) is 0 Å². The molecule has 0 fully saturated rings. The Morgan fingerprint density at radius 2 is 2.23 bits per heavy atom. The quantitative estimate of drug-likeness (QED) is 0.667.